The van der Waals surface area contributed by atoms with E-state index in [9.17, 15) is 14.4 Å². The number of nitrogens with zero attached hydrogens (tertiary/aromatic N) is 1. The summed E-state index contributed by atoms with van der Waals surface area (Å²) in [5, 5.41) is 5.43. The lowest BCUT2D eigenvalue weighted by molar-refractivity contribution is -0.142. The van der Waals surface area contributed by atoms with Gasteiger partial charge in [-0.15, -0.1) is 0 Å². The van der Waals surface area contributed by atoms with Crippen LogP contribution in [-0.4, -0.2) is 33.0 Å². The van der Waals surface area contributed by atoms with Crippen molar-refractivity contribution in [3.8, 4) is 0 Å². The van der Waals surface area contributed by atoms with Gasteiger partial charge in [0.05, 0.1) is 6.61 Å². The van der Waals surface area contributed by atoms with Crippen LogP contribution in [-0.2, 0) is 9.53 Å². The molecule has 0 fully saturated rings. The molecule has 1 aromatic heterocycles. The number of aromatic amines is 2. The molecule has 0 radical (unpaired) electrons. The Morgan fingerprint density at radius 2 is 2.05 bits per heavy atom. The largest absolute Gasteiger partial charge is 0.465 e. The number of unbranched alkanes of at least 4 members (excludes halogenated alkanes) is 3. The molecule has 0 aliphatic rings. The van der Waals surface area contributed by atoms with E-state index in [4.69, 9.17) is 4.74 Å². The zero-order valence-electron chi connectivity index (χ0n) is 12.3. The number of nitrogens with one attached hydrogen (secondary N) is 2. The van der Waals surface area contributed by atoms with Gasteiger partial charge in [0, 0.05) is 0 Å². The molecule has 0 saturated heterocycles. The summed E-state index contributed by atoms with van der Waals surface area (Å²) in [6.07, 6.45) is 4.74. The molecule has 1 rings (SSSR count). The van der Waals surface area contributed by atoms with Gasteiger partial charge in [0.15, 0.2) is 5.03 Å². The number of esters is 1. The van der Waals surface area contributed by atoms with Gasteiger partial charge in [0.25, 0.3) is 5.56 Å². The van der Waals surface area contributed by atoms with Crippen molar-refractivity contribution < 1.29 is 9.53 Å². The maximum absolute atomic E-state index is 11.9. The number of carbonyl (C=O) groups is 1. The standard InChI is InChI=1S/C13H21N3O4S/c1-3-5-6-7-8-9(12(18)20-4-2)21-11-10(17)14-13(19)16-15-11/h9H,3-8H2,1-2H3,(H2,14,16,17,19). The third-order valence-electron chi connectivity index (χ3n) is 2.80. The molecule has 1 aromatic rings. The minimum atomic E-state index is -0.667. The molecule has 1 unspecified atom stereocenters. The molecule has 118 valence electrons. The van der Waals surface area contributed by atoms with E-state index in [1.54, 1.807) is 6.92 Å². The van der Waals surface area contributed by atoms with Crippen molar-refractivity contribution in [3.63, 3.8) is 0 Å². The van der Waals surface area contributed by atoms with E-state index in [-0.39, 0.29) is 11.0 Å². The number of thioether (sulfide) groups is 1. The van der Waals surface area contributed by atoms with Gasteiger partial charge < -0.3 is 4.74 Å². The highest BCUT2D eigenvalue weighted by atomic mass is 32.2. The molecule has 21 heavy (non-hydrogen) atoms. The second-order valence-corrected chi connectivity index (χ2v) is 5.71. The summed E-state index contributed by atoms with van der Waals surface area (Å²) in [4.78, 5) is 36.6. The van der Waals surface area contributed by atoms with Gasteiger partial charge in [-0.05, 0) is 13.3 Å². The molecular weight excluding hydrogens is 294 g/mol. The monoisotopic (exact) mass is 315 g/mol. The van der Waals surface area contributed by atoms with Crippen LogP contribution in [0.3, 0.4) is 0 Å². The Labute approximate surface area is 126 Å². The summed E-state index contributed by atoms with van der Waals surface area (Å²) < 4.78 is 5.03. The first-order chi connectivity index (χ1) is 10.1. The molecule has 1 heterocycles. The van der Waals surface area contributed by atoms with Crippen molar-refractivity contribution >= 4 is 17.7 Å². The molecule has 0 bridgehead atoms. The van der Waals surface area contributed by atoms with E-state index < -0.39 is 16.5 Å². The van der Waals surface area contributed by atoms with Crippen LogP contribution >= 0.6 is 11.8 Å². The maximum Gasteiger partial charge on any atom is 0.342 e. The summed E-state index contributed by atoms with van der Waals surface area (Å²) in [6, 6.07) is 0. The minimum Gasteiger partial charge on any atom is -0.465 e. The molecule has 8 heteroatoms. The van der Waals surface area contributed by atoms with Crippen molar-refractivity contribution in [2.45, 2.75) is 56.2 Å². The normalized spacial score (nSPS) is 12.1. The molecule has 0 aromatic carbocycles. The molecule has 0 aliphatic heterocycles. The zero-order valence-corrected chi connectivity index (χ0v) is 13.1. The van der Waals surface area contributed by atoms with Gasteiger partial charge in [-0.25, -0.2) is 9.89 Å². The Kier molecular flexibility index (Phi) is 7.81. The second kappa shape index (κ2) is 9.38. The van der Waals surface area contributed by atoms with E-state index in [0.29, 0.717) is 13.0 Å². The third kappa shape index (κ3) is 6.16. The van der Waals surface area contributed by atoms with Crippen LogP contribution in [0.5, 0.6) is 0 Å². The Balaban J connectivity index is 2.73. The van der Waals surface area contributed by atoms with Gasteiger partial charge >= 0.3 is 11.7 Å². The van der Waals surface area contributed by atoms with Crippen molar-refractivity contribution in [1.82, 2.24) is 15.2 Å². The molecule has 0 aliphatic carbocycles. The maximum atomic E-state index is 11.9. The molecule has 0 spiro atoms. The lowest BCUT2D eigenvalue weighted by Gasteiger charge is -2.13. The first kappa shape index (κ1) is 17.5. The summed E-state index contributed by atoms with van der Waals surface area (Å²) in [5.74, 6) is -0.355. The van der Waals surface area contributed by atoms with Crippen molar-refractivity contribution in [2.24, 2.45) is 0 Å². The molecular formula is C13H21N3O4S. The Morgan fingerprint density at radius 1 is 1.29 bits per heavy atom. The number of ether oxygens (including phenoxy) is 1. The topological polar surface area (TPSA) is 105 Å². The van der Waals surface area contributed by atoms with Crippen LogP contribution in [0.15, 0.2) is 14.6 Å². The highest BCUT2D eigenvalue weighted by molar-refractivity contribution is 8.00. The predicted molar refractivity (Wildman–Crippen MR) is 80.5 cm³/mol. The van der Waals surface area contributed by atoms with Gasteiger partial charge in [0.1, 0.15) is 5.25 Å². The number of hydrogen-bond donors (Lipinski definition) is 2. The smallest absolute Gasteiger partial charge is 0.342 e. The van der Waals surface area contributed by atoms with E-state index in [0.717, 1.165) is 37.4 Å². The Morgan fingerprint density at radius 3 is 2.67 bits per heavy atom. The molecule has 2 N–H and O–H groups in total. The average Bonchev–Trinajstić information content (AvgIpc) is 2.44. The number of aromatic nitrogens is 3. The summed E-state index contributed by atoms with van der Waals surface area (Å²) >= 11 is 1.03. The van der Waals surface area contributed by atoms with E-state index in [2.05, 4.69) is 22.1 Å². The van der Waals surface area contributed by atoms with Gasteiger partial charge in [-0.2, -0.15) is 5.10 Å². The SMILES string of the molecule is CCCCCCC(Sc1n[nH]c(=O)[nH]c1=O)C(=O)OCC. The number of carbonyl (C=O) groups excluding carboxylic acids is 1. The molecule has 0 saturated carbocycles. The highest BCUT2D eigenvalue weighted by Crippen LogP contribution is 2.23. The first-order valence-corrected chi connectivity index (χ1v) is 7.98. The number of hydrogen-bond acceptors (Lipinski definition) is 6. The first-order valence-electron chi connectivity index (χ1n) is 7.10. The van der Waals surface area contributed by atoms with Crippen molar-refractivity contribution in [3.05, 3.63) is 20.8 Å². The van der Waals surface area contributed by atoms with E-state index >= 15 is 0 Å². The molecule has 0 amide bonds. The van der Waals surface area contributed by atoms with Gasteiger partial charge in [-0.1, -0.05) is 44.4 Å². The molecule has 7 nitrogen and oxygen atoms in total. The van der Waals surface area contributed by atoms with E-state index in [1.165, 1.54) is 0 Å². The Bertz CT molecular complexity index is 555. The Hall–Kier alpha value is -1.57. The minimum absolute atomic E-state index is 0.0724. The van der Waals surface area contributed by atoms with Crippen LogP contribution in [0.4, 0.5) is 0 Å². The van der Waals surface area contributed by atoms with Gasteiger partial charge in [-0.3, -0.25) is 14.6 Å². The second-order valence-electron chi connectivity index (χ2n) is 4.52. The van der Waals surface area contributed by atoms with Crippen LogP contribution in [0.1, 0.15) is 46.0 Å². The highest BCUT2D eigenvalue weighted by Gasteiger charge is 2.23. The quantitative estimate of drug-likeness (QED) is 0.406. The van der Waals surface area contributed by atoms with Crippen molar-refractivity contribution in [2.75, 3.05) is 6.61 Å². The van der Waals surface area contributed by atoms with Crippen LogP contribution in [0.2, 0.25) is 0 Å². The fourth-order valence-electron chi connectivity index (χ4n) is 1.77. The average molecular weight is 315 g/mol. The fourth-order valence-corrected chi connectivity index (χ4v) is 2.74. The van der Waals surface area contributed by atoms with Crippen LogP contribution in [0.25, 0.3) is 0 Å². The number of rotatable bonds is 9. The van der Waals surface area contributed by atoms with E-state index in [1.807, 2.05) is 0 Å². The van der Waals surface area contributed by atoms with Gasteiger partial charge in [0.2, 0.25) is 0 Å². The summed E-state index contributed by atoms with van der Waals surface area (Å²) in [7, 11) is 0. The van der Waals surface area contributed by atoms with Crippen LogP contribution < -0.4 is 11.2 Å². The lowest BCUT2D eigenvalue weighted by Crippen LogP contribution is -2.28. The summed E-state index contributed by atoms with van der Waals surface area (Å²) in [5.41, 5.74) is -1.26. The third-order valence-corrected chi connectivity index (χ3v) is 4.02. The fraction of sp³-hybridized carbons (Fsp3) is 0.692. The zero-order chi connectivity index (χ0) is 15.7. The van der Waals surface area contributed by atoms with Crippen molar-refractivity contribution in [1.29, 1.82) is 0 Å². The lowest BCUT2D eigenvalue weighted by atomic mass is 10.1. The predicted octanol–water partition coefficient (Wildman–Crippen LogP) is 1.45. The van der Waals surface area contributed by atoms with Crippen LogP contribution in [0, 0.1) is 0 Å². The number of H-pyrrole nitrogens is 2. The summed E-state index contributed by atoms with van der Waals surface area (Å²) in [6.45, 7) is 4.14. The molecule has 1 atom stereocenters.